The Kier molecular flexibility index (Phi) is 6.30. The molecule has 2 N–H and O–H groups in total. The van der Waals surface area contributed by atoms with E-state index in [1.165, 1.54) is 0 Å². The molecule has 0 atom stereocenters. The van der Waals surface area contributed by atoms with Crippen molar-refractivity contribution < 1.29 is 17.6 Å². The molecule has 0 bridgehead atoms. The molecule has 0 saturated heterocycles. The Labute approximate surface area is 144 Å². The zero-order valence-corrected chi connectivity index (χ0v) is 14.2. The maximum absolute atomic E-state index is 12.8. The Morgan fingerprint density at radius 1 is 1.12 bits per heavy atom. The summed E-state index contributed by atoms with van der Waals surface area (Å²) in [4.78, 5) is 11.7. The highest BCUT2D eigenvalue weighted by Crippen LogP contribution is 2.11. The van der Waals surface area contributed by atoms with E-state index in [1.807, 2.05) is 6.07 Å². The van der Waals surface area contributed by atoms with E-state index < -0.39 is 15.8 Å². The molecule has 0 aliphatic rings. The first kappa shape index (κ1) is 18.4. The molecule has 1 amide bonds. The summed E-state index contributed by atoms with van der Waals surface area (Å²) in [5.74, 6) is -0.814. The molecule has 0 fully saturated rings. The zero-order valence-electron chi connectivity index (χ0n) is 12.6. The highest BCUT2D eigenvalue weighted by Gasteiger charge is 2.14. The third kappa shape index (κ3) is 5.59. The summed E-state index contributed by atoms with van der Waals surface area (Å²) in [5.41, 5.74) is 0.850. The van der Waals surface area contributed by atoms with Crippen molar-refractivity contribution in [1.82, 2.24) is 10.0 Å². The summed E-state index contributed by atoms with van der Waals surface area (Å²) in [5, 5.41) is 3.26. The van der Waals surface area contributed by atoms with E-state index in [4.69, 9.17) is 11.6 Å². The Morgan fingerprint density at radius 2 is 1.83 bits per heavy atom. The van der Waals surface area contributed by atoms with Crippen molar-refractivity contribution in [2.45, 2.75) is 17.9 Å². The van der Waals surface area contributed by atoms with Crippen LogP contribution in [0.2, 0.25) is 5.02 Å². The van der Waals surface area contributed by atoms with Crippen LogP contribution in [-0.2, 0) is 21.4 Å². The van der Waals surface area contributed by atoms with Gasteiger partial charge in [0, 0.05) is 24.5 Å². The van der Waals surface area contributed by atoms with E-state index in [0.29, 0.717) is 11.6 Å². The third-order valence-electron chi connectivity index (χ3n) is 3.15. The molecule has 24 heavy (non-hydrogen) atoms. The number of carbonyl (C=O) groups excluding carboxylic acids is 1. The lowest BCUT2D eigenvalue weighted by atomic mass is 10.2. The molecular formula is C16H16ClFN2O3S. The van der Waals surface area contributed by atoms with E-state index in [0.717, 1.165) is 29.8 Å². The first-order chi connectivity index (χ1) is 11.4. The molecule has 2 rings (SSSR count). The first-order valence-electron chi connectivity index (χ1n) is 7.13. The summed E-state index contributed by atoms with van der Waals surface area (Å²) in [6.07, 6.45) is -0.0129. The van der Waals surface area contributed by atoms with Gasteiger partial charge in [-0.2, -0.15) is 0 Å². The molecule has 0 spiro atoms. The average molecular weight is 371 g/mol. The second-order valence-electron chi connectivity index (χ2n) is 5.01. The van der Waals surface area contributed by atoms with Crippen LogP contribution in [0.4, 0.5) is 4.39 Å². The topological polar surface area (TPSA) is 75.3 Å². The number of sulfonamides is 1. The SMILES string of the molecule is O=C(CCNS(=O)(=O)c1ccc(F)cc1)NCc1cccc(Cl)c1. The van der Waals surface area contributed by atoms with Crippen LogP contribution in [0.5, 0.6) is 0 Å². The van der Waals surface area contributed by atoms with Crippen molar-refractivity contribution in [1.29, 1.82) is 0 Å². The van der Waals surface area contributed by atoms with Gasteiger partial charge in [-0.05, 0) is 42.0 Å². The van der Waals surface area contributed by atoms with Gasteiger partial charge in [0.15, 0.2) is 0 Å². The predicted molar refractivity (Wildman–Crippen MR) is 89.5 cm³/mol. The number of amides is 1. The molecule has 5 nitrogen and oxygen atoms in total. The van der Waals surface area contributed by atoms with Crippen molar-refractivity contribution in [2.24, 2.45) is 0 Å². The molecule has 0 saturated carbocycles. The van der Waals surface area contributed by atoms with Gasteiger partial charge >= 0.3 is 0 Å². The van der Waals surface area contributed by atoms with E-state index in [-0.39, 0.29) is 23.8 Å². The summed E-state index contributed by atoms with van der Waals surface area (Å²) in [6, 6.07) is 11.5. The second kappa shape index (κ2) is 8.23. The van der Waals surface area contributed by atoms with Crippen molar-refractivity contribution >= 4 is 27.5 Å². The lowest BCUT2D eigenvalue weighted by molar-refractivity contribution is -0.121. The molecule has 128 valence electrons. The molecule has 0 aliphatic carbocycles. The van der Waals surface area contributed by atoms with E-state index >= 15 is 0 Å². The van der Waals surface area contributed by atoms with Crippen LogP contribution in [0.1, 0.15) is 12.0 Å². The van der Waals surface area contributed by atoms with Crippen LogP contribution in [0.3, 0.4) is 0 Å². The Morgan fingerprint density at radius 3 is 2.50 bits per heavy atom. The quantitative estimate of drug-likeness (QED) is 0.786. The fraction of sp³-hybridized carbons (Fsp3) is 0.188. The summed E-state index contributed by atoms with van der Waals surface area (Å²) < 4.78 is 39.0. The minimum Gasteiger partial charge on any atom is -0.352 e. The van der Waals surface area contributed by atoms with Crippen LogP contribution < -0.4 is 10.0 Å². The Balaban J connectivity index is 1.78. The predicted octanol–water partition coefficient (Wildman–Crippen LogP) is 2.46. The molecular weight excluding hydrogens is 355 g/mol. The lowest BCUT2D eigenvalue weighted by Gasteiger charge is -2.08. The number of halogens is 2. The zero-order chi connectivity index (χ0) is 17.6. The van der Waals surface area contributed by atoms with Crippen LogP contribution >= 0.6 is 11.6 Å². The third-order valence-corrected chi connectivity index (χ3v) is 4.86. The monoisotopic (exact) mass is 370 g/mol. The van der Waals surface area contributed by atoms with Gasteiger partial charge in [0.1, 0.15) is 5.82 Å². The molecule has 0 unspecified atom stereocenters. The van der Waals surface area contributed by atoms with Gasteiger partial charge in [0.25, 0.3) is 0 Å². The van der Waals surface area contributed by atoms with Gasteiger partial charge in [-0.15, -0.1) is 0 Å². The number of hydrogen-bond donors (Lipinski definition) is 2. The van der Waals surface area contributed by atoms with Gasteiger partial charge < -0.3 is 5.32 Å². The Bertz CT molecular complexity index is 810. The number of carbonyl (C=O) groups is 1. The van der Waals surface area contributed by atoms with E-state index in [9.17, 15) is 17.6 Å². The molecule has 0 aromatic heterocycles. The van der Waals surface area contributed by atoms with Crippen LogP contribution in [0.15, 0.2) is 53.4 Å². The van der Waals surface area contributed by atoms with Crippen LogP contribution in [0.25, 0.3) is 0 Å². The van der Waals surface area contributed by atoms with Crippen molar-refractivity contribution in [3.63, 3.8) is 0 Å². The smallest absolute Gasteiger partial charge is 0.240 e. The van der Waals surface area contributed by atoms with Crippen LogP contribution in [0, 0.1) is 5.82 Å². The maximum atomic E-state index is 12.8. The highest BCUT2D eigenvalue weighted by atomic mass is 35.5. The fourth-order valence-electron chi connectivity index (χ4n) is 1.93. The summed E-state index contributed by atoms with van der Waals surface area (Å²) >= 11 is 5.85. The van der Waals surface area contributed by atoms with Gasteiger partial charge in [0.2, 0.25) is 15.9 Å². The molecule has 2 aromatic rings. The molecule has 0 radical (unpaired) electrons. The molecule has 0 aliphatic heterocycles. The average Bonchev–Trinajstić information content (AvgIpc) is 2.53. The van der Waals surface area contributed by atoms with E-state index in [1.54, 1.807) is 18.2 Å². The van der Waals surface area contributed by atoms with E-state index in [2.05, 4.69) is 10.0 Å². The number of rotatable bonds is 7. The summed E-state index contributed by atoms with van der Waals surface area (Å²) in [6.45, 7) is 0.255. The molecule has 8 heteroatoms. The number of nitrogens with one attached hydrogen (secondary N) is 2. The Hall–Kier alpha value is -1.96. The van der Waals surface area contributed by atoms with Crippen molar-refractivity contribution in [2.75, 3.05) is 6.54 Å². The van der Waals surface area contributed by atoms with Crippen molar-refractivity contribution in [3.8, 4) is 0 Å². The maximum Gasteiger partial charge on any atom is 0.240 e. The van der Waals surface area contributed by atoms with Gasteiger partial charge in [-0.1, -0.05) is 23.7 Å². The first-order valence-corrected chi connectivity index (χ1v) is 8.99. The van der Waals surface area contributed by atoms with Crippen LogP contribution in [-0.4, -0.2) is 20.9 Å². The highest BCUT2D eigenvalue weighted by molar-refractivity contribution is 7.89. The number of hydrogen-bond acceptors (Lipinski definition) is 3. The normalized spacial score (nSPS) is 11.2. The summed E-state index contributed by atoms with van der Waals surface area (Å²) in [7, 11) is -3.76. The van der Waals surface area contributed by atoms with Gasteiger partial charge in [-0.25, -0.2) is 17.5 Å². The van der Waals surface area contributed by atoms with Crippen molar-refractivity contribution in [3.05, 3.63) is 64.9 Å². The molecule has 2 aromatic carbocycles. The fourth-order valence-corrected chi connectivity index (χ4v) is 3.18. The lowest BCUT2D eigenvalue weighted by Crippen LogP contribution is -2.30. The largest absolute Gasteiger partial charge is 0.352 e. The minimum absolute atomic E-state index is 0.0129. The minimum atomic E-state index is -3.76. The molecule has 0 heterocycles. The number of benzene rings is 2. The van der Waals surface area contributed by atoms with Gasteiger partial charge in [-0.3, -0.25) is 4.79 Å². The van der Waals surface area contributed by atoms with Gasteiger partial charge in [0.05, 0.1) is 4.90 Å². The second-order valence-corrected chi connectivity index (χ2v) is 7.21. The standard InChI is InChI=1S/C16H16ClFN2O3S/c17-13-3-1-2-12(10-13)11-19-16(21)8-9-20-24(22,23)15-6-4-14(18)5-7-15/h1-7,10,20H,8-9,11H2,(H,19,21).